The molecule has 2 atom stereocenters. The van der Waals surface area contributed by atoms with E-state index >= 15 is 0 Å². The van der Waals surface area contributed by atoms with Crippen LogP contribution in [0.4, 0.5) is 13.2 Å². The Morgan fingerprint density at radius 3 is 2.10 bits per heavy atom. The van der Waals surface area contributed by atoms with Crippen LogP contribution >= 0.6 is 24.8 Å². The zero-order valence-electron chi connectivity index (χ0n) is 27.8. The average Bonchev–Trinajstić information content (AvgIpc) is 3.07. The van der Waals surface area contributed by atoms with Crippen molar-refractivity contribution >= 4 is 30.7 Å². The van der Waals surface area contributed by atoms with E-state index in [1.54, 1.807) is 14.0 Å². The first-order valence-electron chi connectivity index (χ1n) is 15.8. The van der Waals surface area contributed by atoms with Crippen molar-refractivity contribution in [3.63, 3.8) is 0 Å². The number of amides is 1. The summed E-state index contributed by atoms with van der Waals surface area (Å²) in [5.41, 5.74) is 2.60. The molecule has 1 aromatic heterocycles. The third-order valence-corrected chi connectivity index (χ3v) is 8.58. The van der Waals surface area contributed by atoms with Gasteiger partial charge < -0.3 is 23.8 Å². The minimum atomic E-state index is -4.57. The van der Waals surface area contributed by atoms with Crippen LogP contribution in [0, 0.1) is 0 Å². The van der Waals surface area contributed by atoms with Crippen molar-refractivity contribution < 1.29 is 36.9 Å². The maximum absolute atomic E-state index is 13.3. The molecule has 0 spiro atoms. The molecule has 2 saturated heterocycles. The van der Waals surface area contributed by atoms with Crippen molar-refractivity contribution in [2.45, 2.75) is 44.1 Å². The van der Waals surface area contributed by atoms with E-state index < -0.39 is 12.8 Å². The third-order valence-electron chi connectivity index (χ3n) is 8.58. The topological polar surface area (TPSA) is 89.5 Å². The first-order chi connectivity index (χ1) is 22.7. The van der Waals surface area contributed by atoms with E-state index in [0.717, 1.165) is 11.1 Å². The fraction of sp³-hybridized carbons (Fsp3) is 0.500. The number of ether oxygens (including phenoxy) is 4. The number of rotatable bonds is 13. The summed E-state index contributed by atoms with van der Waals surface area (Å²) in [7, 11) is 2.98. The van der Waals surface area contributed by atoms with E-state index in [-0.39, 0.29) is 79.6 Å². The number of piperazine rings is 2. The van der Waals surface area contributed by atoms with E-state index in [0.29, 0.717) is 51.3 Å². The maximum atomic E-state index is 13.3. The highest BCUT2D eigenvalue weighted by Crippen LogP contribution is 2.38. The molecule has 2 fully saturated rings. The van der Waals surface area contributed by atoms with Crippen LogP contribution in [0.1, 0.15) is 36.0 Å². The molecular formula is C34H44Cl2F3N5O5. The summed E-state index contributed by atoms with van der Waals surface area (Å²) in [4.78, 5) is 28.2. The third kappa shape index (κ3) is 10.3. The highest BCUT2D eigenvalue weighted by molar-refractivity contribution is 5.85. The SMILES string of the molecule is CCOc1nc(OC)c(CN2CC(C(c3ccccc3)c3ccccc3)N3CCN(C(=O)CCOC)C[C@H]3C2)c(OCC(F)(F)F)n1.Cl.Cl. The van der Waals surface area contributed by atoms with Gasteiger partial charge in [-0.05, 0) is 18.1 Å². The van der Waals surface area contributed by atoms with Gasteiger partial charge in [0, 0.05) is 64.4 Å². The molecule has 3 aromatic rings. The molecule has 49 heavy (non-hydrogen) atoms. The van der Waals surface area contributed by atoms with Gasteiger partial charge in [-0.25, -0.2) is 0 Å². The fourth-order valence-corrected chi connectivity index (χ4v) is 6.58. The average molecular weight is 731 g/mol. The Labute approximate surface area is 297 Å². The molecule has 0 radical (unpaired) electrons. The van der Waals surface area contributed by atoms with Gasteiger partial charge in [-0.2, -0.15) is 23.1 Å². The van der Waals surface area contributed by atoms with Crippen LogP contribution in [-0.4, -0.2) is 116 Å². The van der Waals surface area contributed by atoms with Crippen LogP contribution in [0.5, 0.6) is 17.8 Å². The fourth-order valence-electron chi connectivity index (χ4n) is 6.58. The molecule has 15 heteroatoms. The molecule has 270 valence electrons. The van der Waals surface area contributed by atoms with Gasteiger partial charge in [0.25, 0.3) is 0 Å². The molecule has 10 nitrogen and oxygen atoms in total. The minimum absolute atomic E-state index is 0. The van der Waals surface area contributed by atoms with Gasteiger partial charge in [0.1, 0.15) is 0 Å². The van der Waals surface area contributed by atoms with Crippen molar-refractivity contribution in [2.75, 3.05) is 66.8 Å². The van der Waals surface area contributed by atoms with Crippen LogP contribution < -0.4 is 14.2 Å². The number of alkyl halides is 3. The second-order valence-corrected chi connectivity index (χ2v) is 11.7. The summed E-state index contributed by atoms with van der Waals surface area (Å²) in [6.45, 7) is 3.87. The lowest BCUT2D eigenvalue weighted by atomic mass is 9.81. The van der Waals surface area contributed by atoms with E-state index in [1.165, 1.54) is 7.11 Å². The van der Waals surface area contributed by atoms with Gasteiger partial charge >= 0.3 is 12.2 Å². The van der Waals surface area contributed by atoms with Crippen LogP contribution in [0.25, 0.3) is 0 Å². The molecular weight excluding hydrogens is 686 g/mol. The normalized spacial score (nSPS) is 18.2. The highest BCUT2D eigenvalue weighted by Gasteiger charge is 2.43. The van der Waals surface area contributed by atoms with Crippen LogP contribution in [0.3, 0.4) is 0 Å². The lowest BCUT2D eigenvalue weighted by Crippen LogP contribution is -2.67. The summed E-state index contributed by atoms with van der Waals surface area (Å²) >= 11 is 0. The zero-order valence-corrected chi connectivity index (χ0v) is 29.4. The molecule has 1 unspecified atom stereocenters. The summed E-state index contributed by atoms with van der Waals surface area (Å²) in [5, 5.41) is 0. The molecule has 1 amide bonds. The van der Waals surface area contributed by atoms with Crippen molar-refractivity contribution in [1.82, 2.24) is 24.7 Å². The molecule has 5 rings (SSSR count). The number of halogens is 5. The molecule has 2 aromatic carbocycles. The van der Waals surface area contributed by atoms with Gasteiger partial charge in [-0.3, -0.25) is 14.6 Å². The van der Waals surface area contributed by atoms with E-state index in [1.807, 2.05) is 41.3 Å². The smallest absolute Gasteiger partial charge is 0.422 e. The Balaban J connectivity index is 0.00000325. The summed E-state index contributed by atoms with van der Waals surface area (Å²) in [5.74, 6) is -0.133. The number of carbonyl (C=O) groups excluding carboxylic acids is 1. The Morgan fingerprint density at radius 1 is 0.898 bits per heavy atom. The molecule has 0 N–H and O–H groups in total. The molecule has 3 heterocycles. The number of methoxy groups -OCH3 is 2. The van der Waals surface area contributed by atoms with Crippen LogP contribution in [0.15, 0.2) is 60.7 Å². The Hall–Kier alpha value is -3.36. The minimum Gasteiger partial charge on any atom is -0.481 e. The lowest BCUT2D eigenvalue weighted by molar-refractivity contribution is -0.154. The molecule has 0 aliphatic carbocycles. The number of hydrogen-bond donors (Lipinski definition) is 0. The van der Waals surface area contributed by atoms with Crippen molar-refractivity contribution in [3.8, 4) is 17.8 Å². The Morgan fingerprint density at radius 2 is 1.53 bits per heavy atom. The van der Waals surface area contributed by atoms with Crippen LogP contribution in [-0.2, 0) is 16.1 Å². The first kappa shape index (κ1) is 40.1. The molecule has 0 bridgehead atoms. The number of hydrogen-bond acceptors (Lipinski definition) is 9. The van der Waals surface area contributed by atoms with Crippen LogP contribution in [0.2, 0.25) is 0 Å². The number of nitrogens with zero attached hydrogens (tertiary/aromatic N) is 5. The largest absolute Gasteiger partial charge is 0.481 e. The lowest BCUT2D eigenvalue weighted by Gasteiger charge is -2.53. The Kier molecular flexibility index (Phi) is 15.2. The standard InChI is InChI=1S/C34H42F3N5O5.2ClH/c1-4-46-33-38-31(45-3)27(32(39-33)47-23-34(35,36)37)21-40-19-26-20-41(29(43)15-18-44-2)16-17-42(26)28(22-40)30(24-11-7-5-8-12-24)25-13-9-6-10-14-25;;/h5-14,26,28,30H,4,15-23H2,1-3H3;2*1H/t26-,28?;;/m1../s1. The summed E-state index contributed by atoms with van der Waals surface area (Å²) in [6, 6.07) is 20.4. The van der Waals surface area contributed by atoms with Gasteiger partial charge in [-0.15, -0.1) is 24.8 Å². The summed E-state index contributed by atoms with van der Waals surface area (Å²) in [6.07, 6.45) is -4.27. The van der Waals surface area contributed by atoms with Gasteiger partial charge in [0.2, 0.25) is 17.7 Å². The van der Waals surface area contributed by atoms with Gasteiger partial charge in [0.05, 0.1) is 32.3 Å². The second-order valence-electron chi connectivity index (χ2n) is 11.7. The number of aromatic nitrogens is 2. The van der Waals surface area contributed by atoms with E-state index in [9.17, 15) is 18.0 Å². The van der Waals surface area contributed by atoms with E-state index in [2.05, 4.69) is 44.0 Å². The maximum Gasteiger partial charge on any atom is 0.422 e. The predicted octanol–water partition coefficient (Wildman–Crippen LogP) is 5.23. The number of carbonyl (C=O) groups is 1. The van der Waals surface area contributed by atoms with Crippen molar-refractivity contribution in [2.24, 2.45) is 0 Å². The van der Waals surface area contributed by atoms with Crippen molar-refractivity contribution in [3.05, 3.63) is 77.4 Å². The second kappa shape index (κ2) is 18.6. The molecule has 2 aliphatic rings. The molecule has 0 saturated carbocycles. The van der Waals surface area contributed by atoms with Gasteiger partial charge in [-0.1, -0.05) is 60.7 Å². The monoisotopic (exact) mass is 729 g/mol. The zero-order chi connectivity index (χ0) is 33.4. The van der Waals surface area contributed by atoms with Crippen molar-refractivity contribution in [1.29, 1.82) is 0 Å². The van der Waals surface area contributed by atoms with E-state index in [4.69, 9.17) is 18.9 Å². The predicted molar refractivity (Wildman–Crippen MR) is 183 cm³/mol. The number of benzene rings is 2. The number of fused-ring (bicyclic) bond motifs is 1. The Bertz CT molecular complexity index is 1420. The highest BCUT2D eigenvalue weighted by atomic mass is 35.5. The quantitative estimate of drug-likeness (QED) is 0.235. The first-order valence-corrected chi connectivity index (χ1v) is 15.8. The van der Waals surface area contributed by atoms with Gasteiger partial charge in [0.15, 0.2) is 6.61 Å². The molecule has 2 aliphatic heterocycles. The summed E-state index contributed by atoms with van der Waals surface area (Å²) < 4.78 is 61.3.